The average Bonchev–Trinajstić information content (AvgIpc) is 2.50. The maximum atomic E-state index is 10.8. The van der Waals surface area contributed by atoms with Gasteiger partial charge in [0.2, 0.25) is 0 Å². The Morgan fingerprint density at radius 2 is 2.31 bits per heavy atom. The lowest BCUT2D eigenvalue weighted by Gasteiger charge is -2.31. The van der Waals surface area contributed by atoms with Crippen molar-refractivity contribution in [2.24, 2.45) is 0 Å². The summed E-state index contributed by atoms with van der Waals surface area (Å²) < 4.78 is 0. The molecule has 1 fully saturated rings. The summed E-state index contributed by atoms with van der Waals surface area (Å²) >= 11 is 1.42. The monoisotopic (exact) mass is 198 g/mol. The molecule has 70 valence electrons. The highest BCUT2D eigenvalue weighted by Gasteiger charge is 2.33. The molecule has 1 aliphatic rings. The van der Waals surface area contributed by atoms with Gasteiger partial charge in [0.25, 0.3) is 0 Å². The average molecular weight is 198 g/mol. The molecule has 0 radical (unpaired) electrons. The van der Waals surface area contributed by atoms with Gasteiger partial charge in [-0.25, -0.2) is 4.79 Å². The van der Waals surface area contributed by atoms with Gasteiger partial charge in [-0.2, -0.15) is 0 Å². The van der Waals surface area contributed by atoms with Gasteiger partial charge in [0.05, 0.1) is 11.7 Å². The van der Waals surface area contributed by atoms with Gasteiger partial charge in [-0.1, -0.05) is 0 Å². The molecule has 0 aliphatic heterocycles. The number of rotatable bonds is 2. The zero-order valence-corrected chi connectivity index (χ0v) is 7.75. The van der Waals surface area contributed by atoms with E-state index in [1.54, 1.807) is 11.4 Å². The molecule has 0 spiro atoms. The van der Waals surface area contributed by atoms with Crippen molar-refractivity contribution in [1.82, 2.24) is 0 Å². The molecule has 1 saturated carbocycles. The fraction of sp³-hybridized carbons (Fsp3) is 0.444. The Balaban J connectivity index is 2.29. The molecule has 1 heterocycles. The van der Waals surface area contributed by atoms with Crippen LogP contribution >= 0.6 is 11.3 Å². The van der Waals surface area contributed by atoms with Crippen molar-refractivity contribution >= 4 is 17.3 Å². The van der Waals surface area contributed by atoms with E-state index in [9.17, 15) is 9.90 Å². The largest absolute Gasteiger partial charge is 0.478 e. The van der Waals surface area contributed by atoms with E-state index in [1.807, 2.05) is 0 Å². The van der Waals surface area contributed by atoms with Gasteiger partial charge in [0, 0.05) is 10.8 Å². The molecule has 0 amide bonds. The van der Waals surface area contributed by atoms with Crippen LogP contribution in [0.15, 0.2) is 11.4 Å². The minimum atomic E-state index is -0.893. The number of hydrogen-bond acceptors (Lipinski definition) is 3. The normalized spacial score (nSPS) is 26.8. The third-order valence-corrected chi connectivity index (χ3v) is 3.55. The third-order valence-electron chi connectivity index (χ3n) is 2.50. The zero-order chi connectivity index (χ0) is 9.42. The lowest BCUT2D eigenvalue weighted by atomic mass is 9.80. The van der Waals surface area contributed by atoms with Gasteiger partial charge < -0.3 is 10.2 Å². The summed E-state index contributed by atoms with van der Waals surface area (Å²) in [4.78, 5) is 11.6. The summed E-state index contributed by atoms with van der Waals surface area (Å²) in [5, 5.41) is 20.0. The van der Waals surface area contributed by atoms with E-state index in [0.717, 1.165) is 17.7 Å². The Labute approximate surface area is 79.6 Å². The minimum Gasteiger partial charge on any atom is -0.478 e. The van der Waals surface area contributed by atoms with Crippen molar-refractivity contribution < 1.29 is 15.0 Å². The Bertz CT molecular complexity index is 331. The zero-order valence-electron chi connectivity index (χ0n) is 6.93. The number of carbonyl (C=O) groups is 1. The molecule has 2 unspecified atom stereocenters. The fourth-order valence-corrected chi connectivity index (χ4v) is 2.66. The third kappa shape index (κ3) is 1.36. The van der Waals surface area contributed by atoms with Gasteiger partial charge in [0.1, 0.15) is 0 Å². The smallest absolute Gasteiger partial charge is 0.336 e. The van der Waals surface area contributed by atoms with E-state index >= 15 is 0 Å². The SMILES string of the molecule is O=C(O)c1ccsc1C1CCC1O. The quantitative estimate of drug-likeness (QED) is 0.760. The molecule has 3 nitrogen and oxygen atoms in total. The van der Waals surface area contributed by atoms with E-state index in [1.165, 1.54) is 11.3 Å². The highest BCUT2D eigenvalue weighted by Crippen LogP contribution is 2.40. The van der Waals surface area contributed by atoms with Crippen LogP contribution in [-0.2, 0) is 0 Å². The van der Waals surface area contributed by atoms with Gasteiger partial charge in [-0.05, 0) is 24.3 Å². The summed E-state index contributed by atoms with van der Waals surface area (Å²) in [7, 11) is 0. The molecule has 2 N–H and O–H groups in total. The van der Waals surface area contributed by atoms with Gasteiger partial charge in [-0.15, -0.1) is 11.3 Å². The summed E-state index contributed by atoms with van der Waals surface area (Å²) in [5.41, 5.74) is 0.355. The fourth-order valence-electron chi connectivity index (χ4n) is 1.57. The van der Waals surface area contributed by atoms with E-state index in [0.29, 0.717) is 5.56 Å². The van der Waals surface area contributed by atoms with Crippen molar-refractivity contribution in [3.05, 3.63) is 21.9 Å². The molecule has 0 bridgehead atoms. The topological polar surface area (TPSA) is 57.5 Å². The Kier molecular flexibility index (Phi) is 2.09. The van der Waals surface area contributed by atoms with Gasteiger partial charge >= 0.3 is 5.97 Å². The summed E-state index contributed by atoms with van der Waals surface area (Å²) in [5.74, 6) is -0.832. The summed E-state index contributed by atoms with van der Waals surface area (Å²) in [6.07, 6.45) is 1.36. The number of hydrogen-bond donors (Lipinski definition) is 2. The molecule has 1 aromatic rings. The predicted molar refractivity (Wildman–Crippen MR) is 49.3 cm³/mol. The van der Waals surface area contributed by atoms with E-state index in [-0.39, 0.29) is 12.0 Å². The lowest BCUT2D eigenvalue weighted by molar-refractivity contribution is 0.0634. The highest BCUT2D eigenvalue weighted by molar-refractivity contribution is 7.10. The molecule has 0 aromatic carbocycles. The molecule has 1 aromatic heterocycles. The van der Waals surface area contributed by atoms with Crippen molar-refractivity contribution in [2.75, 3.05) is 0 Å². The Morgan fingerprint density at radius 3 is 2.77 bits per heavy atom. The number of carboxylic acids is 1. The molecule has 2 atom stereocenters. The van der Waals surface area contributed by atoms with Crippen LogP contribution in [0.25, 0.3) is 0 Å². The van der Waals surface area contributed by atoms with Crippen LogP contribution in [-0.4, -0.2) is 22.3 Å². The molecule has 2 rings (SSSR count). The van der Waals surface area contributed by atoms with E-state index in [4.69, 9.17) is 5.11 Å². The number of thiophene rings is 1. The summed E-state index contributed by atoms with van der Waals surface area (Å²) in [6.45, 7) is 0. The second kappa shape index (κ2) is 3.12. The van der Waals surface area contributed by atoms with Gasteiger partial charge in [0.15, 0.2) is 0 Å². The molecular weight excluding hydrogens is 188 g/mol. The first-order valence-electron chi connectivity index (χ1n) is 4.19. The maximum Gasteiger partial charge on any atom is 0.336 e. The van der Waals surface area contributed by atoms with Crippen LogP contribution in [0.2, 0.25) is 0 Å². The van der Waals surface area contributed by atoms with Crippen LogP contribution in [0.3, 0.4) is 0 Å². The molecule has 0 saturated heterocycles. The van der Waals surface area contributed by atoms with Crippen LogP contribution in [0.1, 0.15) is 34.0 Å². The number of carboxylic acid groups (broad SMARTS) is 1. The van der Waals surface area contributed by atoms with E-state index < -0.39 is 5.97 Å². The first kappa shape index (κ1) is 8.72. The maximum absolute atomic E-state index is 10.8. The standard InChI is InChI=1S/C9H10O3S/c10-7-2-1-5(7)8-6(9(11)12)3-4-13-8/h3-5,7,10H,1-2H2,(H,11,12). The van der Waals surface area contributed by atoms with Crippen molar-refractivity contribution in [3.63, 3.8) is 0 Å². The lowest BCUT2D eigenvalue weighted by Crippen LogP contribution is -2.29. The summed E-state index contributed by atoms with van der Waals surface area (Å²) in [6, 6.07) is 1.60. The van der Waals surface area contributed by atoms with Crippen molar-refractivity contribution in [3.8, 4) is 0 Å². The van der Waals surface area contributed by atoms with Crippen LogP contribution < -0.4 is 0 Å². The van der Waals surface area contributed by atoms with Crippen molar-refractivity contribution in [2.45, 2.75) is 24.9 Å². The Morgan fingerprint density at radius 1 is 1.54 bits per heavy atom. The van der Waals surface area contributed by atoms with E-state index in [2.05, 4.69) is 0 Å². The highest BCUT2D eigenvalue weighted by atomic mass is 32.1. The molecule has 1 aliphatic carbocycles. The molecule has 13 heavy (non-hydrogen) atoms. The minimum absolute atomic E-state index is 0.0612. The molecule has 4 heteroatoms. The van der Waals surface area contributed by atoms with Crippen LogP contribution in [0.4, 0.5) is 0 Å². The van der Waals surface area contributed by atoms with Crippen LogP contribution in [0.5, 0.6) is 0 Å². The second-order valence-corrected chi connectivity index (χ2v) is 4.20. The number of aromatic carboxylic acids is 1. The Hall–Kier alpha value is -0.870. The van der Waals surface area contributed by atoms with Crippen LogP contribution in [0, 0.1) is 0 Å². The number of aliphatic hydroxyl groups is 1. The first-order valence-corrected chi connectivity index (χ1v) is 5.07. The molecular formula is C9H10O3S. The van der Waals surface area contributed by atoms with Gasteiger partial charge in [-0.3, -0.25) is 0 Å². The predicted octanol–water partition coefficient (Wildman–Crippen LogP) is 1.68. The number of aliphatic hydroxyl groups excluding tert-OH is 1. The van der Waals surface area contributed by atoms with Crippen molar-refractivity contribution in [1.29, 1.82) is 0 Å². The second-order valence-electron chi connectivity index (χ2n) is 3.25. The first-order chi connectivity index (χ1) is 6.20.